The summed E-state index contributed by atoms with van der Waals surface area (Å²) in [6.45, 7) is 0. The Balaban J connectivity index is 1.48. The van der Waals surface area contributed by atoms with Crippen molar-refractivity contribution in [3.63, 3.8) is 0 Å². The molecule has 4 aromatic heterocycles. The molecule has 182 valence electrons. The van der Waals surface area contributed by atoms with Crippen LogP contribution in [-0.4, -0.2) is 9.13 Å². The molecule has 0 saturated heterocycles. The Labute approximate surface area is 226 Å². The Hall–Kier alpha value is -5.42. The second kappa shape index (κ2) is 5.63. The predicted octanol–water partition coefficient (Wildman–Crippen LogP) is 6.47. The van der Waals surface area contributed by atoms with Gasteiger partial charge in [-0.25, -0.2) is 0 Å². The number of hydrogen-bond donors (Lipinski definition) is 0. The number of fused-ring (bicyclic) bond motifs is 9. The van der Waals surface area contributed by atoms with Gasteiger partial charge in [0.05, 0.1) is 5.39 Å². The van der Waals surface area contributed by atoms with Crippen molar-refractivity contribution in [1.82, 2.24) is 9.13 Å². The van der Waals surface area contributed by atoms with Crippen molar-refractivity contribution >= 4 is 43.7 Å². The van der Waals surface area contributed by atoms with Crippen LogP contribution in [0.25, 0.3) is 66.6 Å². The summed E-state index contributed by atoms with van der Waals surface area (Å²) in [5.74, 6) is 3.02. The summed E-state index contributed by atoms with van der Waals surface area (Å²) in [5, 5.41) is 5.07. The smallest absolute Gasteiger partial charge is 0.323 e. The zero-order valence-electron chi connectivity index (χ0n) is 21.1. The van der Waals surface area contributed by atoms with Crippen molar-refractivity contribution in [3.8, 4) is 34.4 Å². The first-order valence-electron chi connectivity index (χ1n) is 13.8. The lowest BCUT2D eigenvalue weighted by Crippen LogP contribution is -2.75. The van der Waals surface area contributed by atoms with E-state index in [0.717, 1.165) is 11.5 Å². The van der Waals surface area contributed by atoms with Crippen LogP contribution in [0.5, 0.6) is 11.5 Å². The summed E-state index contributed by atoms with van der Waals surface area (Å²) < 4.78 is 17.0. The number of para-hydroxylation sites is 2. The molecule has 0 N–H and O–H groups in total. The fourth-order valence-electron chi connectivity index (χ4n) is 8.60. The van der Waals surface area contributed by atoms with E-state index in [2.05, 4.69) is 127 Å². The van der Waals surface area contributed by atoms with Crippen LogP contribution in [0.1, 0.15) is 11.1 Å². The second-order valence-corrected chi connectivity index (χ2v) is 11.4. The molecule has 1 spiro atoms. The highest BCUT2D eigenvalue weighted by Gasteiger charge is 2.68. The first kappa shape index (κ1) is 18.8. The van der Waals surface area contributed by atoms with Crippen LogP contribution in [0.15, 0.2) is 109 Å². The largest absolute Gasteiger partial charge is 0.456 e. The van der Waals surface area contributed by atoms with Crippen LogP contribution in [-0.2, 0) is 5.66 Å². The lowest BCUT2D eigenvalue weighted by Gasteiger charge is -2.38. The lowest BCUT2D eigenvalue weighted by atomic mass is 9.82. The summed E-state index contributed by atoms with van der Waals surface area (Å²) >= 11 is 0. The van der Waals surface area contributed by atoms with Gasteiger partial charge in [-0.15, -0.1) is 0 Å². The number of hydrogen-bond acceptors (Lipinski definition) is 1. The molecule has 0 radical (unpaired) electrons. The van der Waals surface area contributed by atoms with Gasteiger partial charge in [-0.05, 0) is 72.8 Å². The van der Waals surface area contributed by atoms with Crippen LogP contribution < -0.4 is 13.9 Å². The fraction of sp³-hybridized carbons (Fsp3) is 0.0286. The van der Waals surface area contributed by atoms with Gasteiger partial charge in [-0.2, -0.15) is 18.3 Å². The summed E-state index contributed by atoms with van der Waals surface area (Å²) in [6, 6.07) is 40.0. The molecule has 5 nitrogen and oxygen atoms in total. The quantitative estimate of drug-likeness (QED) is 0.215. The third kappa shape index (κ3) is 1.60. The molecule has 4 aliphatic rings. The monoisotopic (exact) mass is 510 g/mol. The van der Waals surface area contributed by atoms with E-state index < -0.39 is 5.66 Å². The van der Waals surface area contributed by atoms with Gasteiger partial charge in [0.2, 0.25) is 0 Å². The summed E-state index contributed by atoms with van der Waals surface area (Å²) in [4.78, 5) is 0. The molecule has 8 heterocycles. The Morgan fingerprint density at radius 2 is 1.25 bits per heavy atom. The molecule has 8 aromatic rings. The van der Waals surface area contributed by atoms with Crippen LogP contribution in [0.3, 0.4) is 0 Å². The molecule has 4 aromatic carbocycles. The molecule has 0 fully saturated rings. The van der Waals surface area contributed by atoms with Crippen LogP contribution in [0, 0.1) is 0 Å². The molecule has 0 aliphatic carbocycles. The van der Waals surface area contributed by atoms with Crippen molar-refractivity contribution in [2.24, 2.45) is 0 Å². The van der Waals surface area contributed by atoms with E-state index >= 15 is 0 Å². The maximum absolute atomic E-state index is 6.86. The predicted molar refractivity (Wildman–Crippen MR) is 153 cm³/mol. The molecule has 1 unspecified atom stereocenters. The number of benzene rings is 4. The van der Waals surface area contributed by atoms with Crippen molar-refractivity contribution in [1.29, 1.82) is 0 Å². The molecule has 0 bridgehead atoms. The van der Waals surface area contributed by atoms with Crippen molar-refractivity contribution < 1.29 is 13.9 Å². The van der Waals surface area contributed by atoms with Gasteiger partial charge in [-0.1, -0.05) is 30.3 Å². The molecular weight excluding hydrogens is 492 g/mol. The molecule has 1 atom stereocenters. The van der Waals surface area contributed by atoms with Crippen LogP contribution in [0.2, 0.25) is 0 Å². The van der Waals surface area contributed by atoms with E-state index in [0.29, 0.717) is 0 Å². The Morgan fingerprint density at radius 3 is 2.15 bits per heavy atom. The maximum Gasteiger partial charge on any atom is 0.323 e. The van der Waals surface area contributed by atoms with E-state index in [1.165, 1.54) is 77.8 Å². The maximum atomic E-state index is 6.86. The summed E-state index contributed by atoms with van der Waals surface area (Å²) in [5.41, 5.74) is 10.3. The van der Waals surface area contributed by atoms with Gasteiger partial charge in [0.1, 0.15) is 39.3 Å². The van der Waals surface area contributed by atoms with Gasteiger partial charge >= 0.3 is 5.66 Å². The zero-order valence-corrected chi connectivity index (χ0v) is 21.1. The van der Waals surface area contributed by atoms with Gasteiger partial charge in [0.15, 0.2) is 16.9 Å². The van der Waals surface area contributed by atoms with Crippen LogP contribution >= 0.6 is 0 Å². The molecule has 5 heteroatoms. The third-order valence-corrected chi connectivity index (χ3v) is 9.82. The number of aromatic nitrogens is 4. The van der Waals surface area contributed by atoms with Crippen molar-refractivity contribution in [2.75, 3.05) is 0 Å². The number of pyridine rings is 2. The number of rotatable bonds is 0. The Morgan fingerprint density at radius 1 is 0.525 bits per heavy atom. The third-order valence-electron chi connectivity index (χ3n) is 9.82. The average molecular weight is 511 g/mol. The molecule has 12 rings (SSSR count). The molecule has 40 heavy (non-hydrogen) atoms. The highest BCUT2D eigenvalue weighted by Crippen LogP contribution is 2.57. The van der Waals surface area contributed by atoms with Gasteiger partial charge in [-0.3, -0.25) is 0 Å². The number of ether oxygens (including phenoxy) is 1. The van der Waals surface area contributed by atoms with E-state index in [1.807, 2.05) is 0 Å². The van der Waals surface area contributed by atoms with E-state index in [4.69, 9.17) is 4.74 Å². The number of nitrogens with zero attached hydrogens (tertiary/aromatic N) is 4. The lowest BCUT2D eigenvalue weighted by molar-refractivity contribution is -0.927. The van der Waals surface area contributed by atoms with Crippen molar-refractivity contribution in [2.45, 2.75) is 5.66 Å². The normalized spacial score (nSPS) is 17.8. The molecule has 0 amide bonds. The Bertz CT molecular complexity index is 2590. The minimum Gasteiger partial charge on any atom is -0.456 e. The topological polar surface area (TPSA) is 26.8 Å². The minimum atomic E-state index is -0.603. The first-order chi connectivity index (χ1) is 19.9. The average Bonchev–Trinajstić information content (AvgIpc) is 3.62. The highest BCUT2D eigenvalue weighted by atomic mass is 16.5. The molecule has 0 saturated carbocycles. The minimum absolute atomic E-state index is 0.603. The van der Waals surface area contributed by atoms with Gasteiger partial charge in [0, 0.05) is 22.2 Å². The fourth-order valence-corrected chi connectivity index (χ4v) is 8.60. The summed E-state index contributed by atoms with van der Waals surface area (Å²) in [6.07, 6.45) is 0. The van der Waals surface area contributed by atoms with Gasteiger partial charge < -0.3 is 4.74 Å². The van der Waals surface area contributed by atoms with Crippen LogP contribution in [0.4, 0.5) is 0 Å². The second-order valence-electron chi connectivity index (χ2n) is 11.4. The van der Waals surface area contributed by atoms with E-state index in [9.17, 15) is 0 Å². The van der Waals surface area contributed by atoms with Crippen molar-refractivity contribution in [3.05, 3.63) is 120 Å². The van der Waals surface area contributed by atoms with E-state index in [1.54, 1.807) is 0 Å². The molecular formula is C35H18N4O+2. The van der Waals surface area contributed by atoms with E-state index in [-0.39, 0.29) is 0 Å². The standard InChI is InChI=1S/C35H18N4O/c1-4-10-24-19(7-1)21-16-18-29-32-33(21)37(24)30-14-6-11-25-26-17-15-22-20-8-2-3-9-23(20)36-27-12-5-13-28(40-29)31(27)35(32,38(25)30)39(26)34(22)36/h1-18H/q+2. The zero-order chi connectivity index (χ0) is 25.5. The SMILES string of the molecule is c1cc2c3c(c1)-n1c4ccccc4c4ccc5[n+](c41)C31c3c(ccc4c6ccccc6n(c34)-c3cccc-5[n+]31)O2. The first-order valence-corrected chi connectivity index (χ1v) is 13.8. The van der Waals surface area contributed by atoms with Gasteiger partial charge in [0.25, 0.3) is 11.5 Å². The Kier molecular flexibility index (Phi) is 2.64. The summed E-state index contributed by atoms with van der Waals surface area (Å²) in [7, 11) is 0. The highest BCUT2D eigenvalue weighted by molar-refractivity contribution is 6.12. The molecule has 4 aliphatic heterocycles.